The van der Waals surface area contributed by atoms with Crippen molar-refractivity contribution in [2.24, 2.45) is 0 Å². The summed E-state index contributed by atoms with van der Waals surface area (Å²) in [5.41, 5.74) is 1.65. The van der Waals surface area contributed by atoms with E-state index in [9.17, 15) is 9.59 Å². The second-order valence-electron chi connectivity index (χ2n) is 9.26. The second kappa shape index (κ2) is 13.2. The van der Waals surface area contributed by atoms with Gasteiger partial charge in [-0.25, -0.2) is 4.79 Å². The van der Waals surface area contributed by atoms with Gasteiger partial charge >= 0.3 is 11.9 Å². The molecule has 36 heavy (non-hydrogen) atoms. The molecule has 2 unspecified atom stereocenters. The molecule has 0 radical (unpaired) electrons. The van der Waals surface area contributed by atoms with Gasteiger partial charge in [0.25, 0.3) is 0 Å². The largest absolute Gasteiger partial charge is 0.466 e. The number of carbonyl (C=O) groups is 2. The first-order chi connectivity index (χ1) is 17.3. The van der Waals surface area contributed by atoms with Crippen LogP contribution in [0.4, 0.5) is 0 Å². The van der Waals surface area contributed by atoms with Crippen LogP contribution in [0.5, 0.6) is 0 Å². The molecule has 1 aromatic rings. The van der Waals surface area contributed by atoms with Crippen LogP contribution in [0.3, 0.4) is 0 Å². The fraction of sp³-hybridized carbons (Fsp3) is 0.630. The predicted molar refractivity (Wildman–Crippen MR) is 132 cm³/mol. The molecule has 2 saturated heterocycles. The molecule has 0 saturated carbocycles. The molecule has 0 aromatic heterocycles. The molecule has 9 nitrogen and oxygen atoms in total. The summed E-state index contributed by atoms with van der Waals surface area (Å²) in [4.78, 5) is 24.8. The van der Waals surface area contributed by atoms with E-state index in [1.165, 1.54) is 6.08 Å². The zero-order valence-electron chi connectivity index (χ0n) is 21.9. The molecule has 3 rings (SSSR count). The van der Waals surface area contributed by atoms with Gasteiger partial charge in [-0.05, 0) is 39.7 Å². The van der Waals surface area contributed by atoms with Crippen LogP contribution in [0.25, 0.3) is 0 Å². The lowest BCUT2D eigenvalue weighted by atomic mass is 9.99. The molecule has 2 heterocycles. The van der Waals surface area contributed by atoms with E-state index >= 15 is 0 Å². The van der Waals surface area contributed by atoms with E-state index in [1.54, 1.807) is 13.8 Å². The third-order valence-corrected chi connectivity index (χ3v) is 5.87. The van der Waals surface area contributed by atoms with Crippen molar-refractivity contribution in [1.82, 2.24) is 5.32 Å². The molecule has 200 valence electrons. The van der Waals surface area contributed by atoms with E-state index < -0.39 is 42.4 Å². The van der Waals surface area contributed by atoms with E-state index in [4.69, 9.17) is 28.4 Å². The fourth-order valence-electron chi connectivity index (χ4n) is 4.45. The molecule has 0 spiro atoms. The van der Waals surface area contributed by atoms with Crippen molar-refractivity contribution in [1.29, 1.82) is 0 Å². The average Bonchev–Trinajstić information content (AvgIpc) is 3.30. The zero-order chi connectivity index (χ0) is 26.1. The lowest BCUT2D eigenvalue weighted by molar-refractivity contribution is -0.222. The Bertz CT molecular complexity index is 887. The Kier molecular flexibility index (Phi) is 10.3. The van der Waals surface area contributed by atoms with Crippen LogP contribution < -0.4 is 5.32 Å². The van der Waals surface area contributed by atoms with Crippen molar-refractivity contribution in [2.75, 3.05) is 13.2 Å². The first-order valence-corrected chi connectivity index (χ1v) is 12.7. The third kappa shape index (κ3) is 7.77. The molecule has 0 bridgehead atoms. The van der Waals surface area contributed by atoms with Crippen LogP contribution in [0.2, 0.25) is 0 Å². The Morgan fingerprint density at radius 2 is 1.81 bits per heavy atom. The molecule has 2 fully saturated rings. The minimum atomic E-state index is -0.824. The maximum absolute atomic E-state index is 12.6. The van der Waals surface area contributed by atoms with E-state index in [1.807, 2.05) is 51.1 Å². The van der Waals surface area contributed by atoms with Gasteiger partial charge in [0, 0.05) is 11.8 Å². The lowest BCUT2D eigenvalue weighted by Gasteiger charge is -2.32. The molecule has 1 N–H and O–H groups in total. The second-order valence-corrected chi connectivity index (χ2v) is 9.26. The summed E-state index contributed by atoms with van der Waals surface area (Å²) in [6.45, 7) is 10.0. The van der Waals surface area contributed by atoms with Crippen LogP contribution in [0, 0.1) is 0 Å². The Morgan fingerprint density at radius 1 is 1.08 bits per heavy atom. The van der Waals surface area contributed by atoms with Gasteiger partial charge in [0.1, 0.15) is 18.3 Å². The van der Waals surface area contributed by atoms with Crippen LogP contribution in [0.15, 0.2) is 42.1 Å². The van der Waals surface area contributed by atoms with E-state index in [0.717, 1.165) is 12.0 Å². The molecule has 5 atom stereocenters. The van der Waals surface area contributed by atoms with Crippen molar-refractivity contribution in [3.8, 4) is 0 Å². The van der Waals surface area contributed by atoms with Crippen molar-refractivity contribution >= 4 is 11.9 Å². The van der Waals surface area contributed by atoms with Crippen molar-refractivity contribution in [2.45, 2.75) is 96.9 Å². The number of rotatable bonds is 13. The van der Waals surface area contributed by atoms with Gasteiger partial charge in [-0.1, -0.05) is 43.7 Å². The maximum atomic E-state index is 12.6. The van der Waals surface area contributed by atoms with Gasteiger partial charge in [-0.2, -0.15) is 0 Å². The van der Waals surface area contributed by atoms with Crippen LogP contribution in [-0.2, 0) is 44.6 Å². The standard InChI is InChI=1S/C27H39NO8/c1-6-12-19(15-21(29)31-7-2)28-20(16-22(30)32-8-3)23-24(33-17-18-13-10-9-11-14-18)25-26(34-23)36-27(4,5)35-25/h9-11,13-15,20,23-26,28H,6-8,12,16-17H2,1-5H3/b19-15-/t20?,23?,24-,25+,26+/m0/s1. The number of carbonyl (C=O) groups excluding carboxylic acids is 2. The topological polar surface area (TPSA) is 102 Å². The number of benzene rings is 1. The Hall–Kier alpha value is -2.46. The smallest absolute Gasteiger partial charge is 0.332 e. The van der Waals surface area contributed by atoms with E-state index in [0.29, 0.717) is 18.7 Å². The number of allylic oxidation sites excluding steroid dienone is 1. The normalized spacial score (nSPS) is 25.8. The minimum Gasteiger partial charge on any atom is -0.466 e. The van der Waals surface area contributed by atoms with Crippen molar-refractivity contribution in [3.63, 3.8) is 0 Å². The highest BCUT2D eigenvalue weighted by Crippen LogP contribution is 2.40. The third-order valence-electron chi connectivity index (χ3n) is 5.87. The van der Waals surface area contributed by atoms with Gasteiger partial charge in [-0.15, -0.1) is 0 Å². The van der Waals surface area contributed by atoms with Gasteiger partial charge in [-0.3, -0.25) is 4.79 Å². The predicted octanol–water partition coefficient (Wildman–Crippen LogP) is 3.61. The number of hydrogen-bond donors (Lipinski definition) is 1. The van der Waals surface area contributed by atoms with Crippen molar-refractivity contribution in [3.05, 3.63) is 47.7 Å². The lowest BCUT2D eigenvalue weighted by Crippen LogP contribution is -2.49. The molecular formula is C27H39NO8. The molecule has 2 aliphatic heterocycles. The molecule has 0 aliphatic carbocycles. The SMILES string of the molecule is CCC/C(=C/C(=O)OCC)NC(CC(=O)OCC)C1O[C@@H]2OC(C)(C)O[C@@H]2[C@H]1OCc1ccccc1. The highest BCUT2D eigenvalue weighted by molar-refractivity contribution is 5.82. The highest BCUT2D eigenvalue weighted by atomic mass is 16.8. The summed E-state index contributed by atoms with van der Waals surface area (Å²) in [5, 5.41) is 3.36. The van der Waals surface area contributed by atoms with E-state index in [2.05, 4.69) is 5.32 Å². The number of hydrogen-bond acceptors (Lipinski definition) is 9. The van der Waals surface area contributed by atoms with Crippen LogP contribution >= 0.6 is 0 Å². The van der Waals surface area contributed by atoms with E-state index in [-0.39, 0.29) is 25.6 Å². The summed E-state index contributed by atoms with van der Waals surface area (Å²) >= 11 is 0. The average molecular weight is 506 g/mol. The van der Waals surface area contributed by atoms with Gasteiger partial charge < -0.3 is 33.7 Å². The summed E-state index contributed by atoms with van der Waals surface area (Å²) < 4.78 is 35.1. The minimum absolute atomic E-state index is 0.0103. The first kappa shape index (κ1) is 28.1. The van der Waals surface area contributed by atoms with Gasteiger partial charge in [0.05, 0.1) is 32.3 Å². The first-order valence-electron chi connectivity index (χ1n) is 12.7. The Balaban J connectivity index is 1.87. The highest BCUT2D eigenvalue weighted by Gasteiger charge is 2.57. The molecular weight excluding hydrogens is 466 g/mol. The van der Waals surface area contributed by atoms with Crippen LogP contribution in [0.1, 0.15) is 59.4 Å². The molecule has 9 heteroatoms. The number of nitrogens with one attached hydrogen (secondary N) is 1. The van der Waals surface area contributed by atoms with Crippen LogP contribution in [-0.4, -0.2) is 61.6 Å². The quantitative estimate of drug-likeness (QED) is 0.318. The maximum Gasteiger partial charge on any atom is 0.332 e. The summed E-state index contributed by atoms with van der Waals surface area (Å²) in [6.07, 6.45) is 0.543. The Labute approximate surface area is 213 Å². The van der Waals surface area contributed by atoms with Gasteiger partial charge in [0.15, 0.2) is 12.1 Å². The summed E-state index contributed by atoms with van der Waals surface area (Å²) in [7, 11) is 0. The molecule has 2 aliphatic rings. The number of fused-ring (bicyclic) bond motifs is 1. The Morgan fingerprint density at radius 3 is 2.47 bits per heavy atom. The summed E-state index contributed by atoms with van der Waals surface area (Å²) in [5.74, 6) is -1.65. The molecule has 0 amide bonds. The summed E-state index contributed by atoms with van der Waals surface area (Å²) in [6, 6.07) is 9.25. The van der Waals surface area contributed by atoms with Gasteiger partial charge in [0.2, 0.25) is 0 Å². The number of esters is 2. The van der Waals surface area contributed by atoms with Crippen molar-refractivity contribution < 1.29 is 38.0 Å². The fourth-order valence-corrected chi connectivity index (χ4v) is 4.45. The zero-order valence-corrected chi connectivity index (χ0v) is 21.9. The number of ether oxygens (including phenoxy) is 6. The molecule has 1 aromatic carbocycles. The monoisotopic (exact) mass is 505 g/mol.